The van der Waals surface area contributed by atoms with Gasteiger partial charge < -0.3 is 13.7 Å². The maximum atomic E-state index is 13.0. The van der Waals surface area contributed by atoms with Gasteiger partial charge in [-0.05, 0) is 0 Å². The molecule has 0 aromatic heterocycles. The summed E-state index contributed by atoms with van der Waals surface area (Å²) in [5.74, 6) is -156. The van der Waals surface area contributed by atoms with Crippen molar-refractivity contribution in [1.82, 2.24) is 0 Å². The van der Waals surface area contributed by atoms with Crippen molar-refractivity contribution in [2.24, 2.45) is 0 Å². The minimum absolute atomic E-state index is 0. The van der Waals surface area contributed by atoms with Crippen LogP contribution in [0.1, 0.15) is 0 Å². The Morgan fingerprint density at radius 2 is 0.216 bits per heavy atom. The van der Waals surface area contributed by atoms with E-state index >= 15 is 0 Å². The standard InChI is InChI=1S/3C8HF17O3S.Eu/c3*9-1(10,3(13,14)5(17,18)7(21,22)23)2(11,12)4(15,16)6(19,20)8(24,25)29(26,27)28;/h3*(H,26,27,28);/q;;;+3/p-3. The third-order valence-electron chi connectivity index (χ3n) is 9.02. The van der Waals surface area contributed by atoms with Crippen molar-refractivity contribution in [3.05, 3.63) is 0 Å². The molecule has 0 aliphatic carbocycles. The number of hydrogen-bond donors (Lipinski definition) is 0. The van der Waals surface area contributed by atoms with Crippen molar-refractivity contribution in [1.29, 1.82) is 0 Å². The van der Waals surface area contributed by atoms with Crippen molar-refractivity contribution >= 4 is 30.4 Å². The smallest absolute Gasteiger partial charge is 0.743 e. The van der Waals surface area contributed by atoms with Crippen LogP contribution in [0.3, 0.4) is 0 Å². The summed E-state index contributed by atoms with van der Waals surface area (Å²) in [4.78, 5) is 0. The zero-order valence-electron chi connectivity index (χ0n) is 36.6. The fraction of sp³-hybridized carbons (Fsp3) is 1.00. The molecule has 0 unspecified atom stereocenters. The monoisotopic (exact) mass is 1650 g/mol. The SMILES string of the molecule is O=S(=O)([O-])C(F)(F)C(F)(F)C(F)(F)C(F)(F)C(F)(F)C(F)(F)C(F)(F)C(F)(F)F.O=S(=O)([O-])C(F)(F)C(F)(F)C(F)(F)C(F)(F)C(F)(F)C(F)(F)C(F)(F)C(F)(F)F.O=S(=O)([O-])C(F)(F)C(F)(F)C(F)(F)C(F)(F)C(F)(F)C(F)(F)C(F)(F)C(F)(F)F.[Eu+3]. The molecule has 0 spiro atoms. The molecule has 0 saturated carbocycles. The van der Waals surface area contributed by atoms with E-state index in [-0.39, 0.29) is 49.4 Å². The molecule has 0 atom stereocenters. The van der Waals surface area contributed by atoms with Gasteiger partial charge in [0.15, 0.2) is 30.4 Å². The van der Waals surface area contributed by atoms with E-state index in [9.17, 15) is 263 Å². The van der Waals surface area contributed by atoms with Crippen molar-refractivity contribution in [2.75, 3.05) is 0 Å². The van der Waals surface area contributed by atoms with E-state index in [1.54, 1.807) is 0 Å². The van der Waals surface area contributed by atoms with Crippen LogP contribution in [-0.2, 0) is 30.4 Å². The average molecular weight is 1650 g/mol. The van der Waals surface area contributed by atoms with Gasteiger partial charge in [-0.1, -0.05) is 0 Å². The van der Waals surface area contributed by atoms with Gasteiger partial charge in [0.25, 0.3) is 0 Å². The zero-order chi connectivity index (χ0) is 73.5. The van der Waals surface area contributed by atoms with Gasteiger partial charge in [0.2, 0.25) is 0 Å². The molecule has 64 heteroatoms. The maximum absolute atomic E-state index is 13.0. The summed E-state index contributed by atoms with van der Waals surface area (Å²) < 4.78 is 732. The molecular weight excluding hydrogens is 1650 g/mol. The first kappa shape index (κ1) is 92.2. The van der Waals surface area contributed by atoms with E-state index in [1.165, 1.54) is 0 Å². The van der Waals surface area contributed by atoms with Gasteiger partial charge in [-0.25, -0.2) is 25.3 Å². The predicted octanol–water partition coefficient (Wildman–Crippen LogP) is 13.5. The summed E-state index contributed by atoms with van der Waals surface area (Å²) in [6.45, 7) is 0. The first-order valence-electron chi connectivity index (χ1n) is 17.0. The minimum Gasteiger partial charge on any atom is -0.743 e. The van der Waals surface area contributed by atoms with E-state index in [2.05, 4.69) is 0 Å². The van der Waals surface area contributed by atoms with E-state index < -0.39 is 171 Å². The molecule has 0 bridgehead atoms. The van der Waals surface area contributed by atoms with Gasteiger partial charge in [0, 0.05) is 0 Å². The second-order valence-electron chi connectivity index (χ2n) is 14.7. The van der Waals surface area contributed by atoms with E-state index in [0.717, 1.165) is 0 Å². The van der Waals surface area contributed by atoms with Gasteiger partial charge in [0.05, 0.1) is 0 Å². The van der Waals surface area contributed by atoms with Crippen LogP contribution in [0, 0.1) is 49.4 Å². The third kappa shape index (κ3) is 12.5. The second kappa shape index (κ2) is 23.3. The second-order valence-corrected chi connectivity index (χ2v) is 19.0. The summed E-state index contributed by atoms with van der Waals surface area (Å²) in [7, 11) is -24.4. The number of halogens is 51. The number of alkyl halides is 51. The minimum atomic E-state index is -8.92. The van der Waals surface area contributed by atoms with Gasteiger partial charge in [-0.2, -0.15) is 224 Å². The molecular formula is C24EuF51O9S3. The van der Waals surface area contributed by atoms with Crippen molar-refractivity contribution in [3.8, 4) is 0 Å². The Morgan fingerprint density at radius 3 is 0.284 bits per heavy atom. The van der Waals surface area contributed by atoms with Gasteiger partial charge in [-0.3, -0.25) is 0 Å². The molecule has 0 aromatic carbocycles. The molecule has 0 N–H and O–H groups in total. The number of hydrogen-bond acceptors (Lipinski definition) is 9. The summed E-state index contributed by atoms with van der Waals surface area (Å²) in [6.07, 6.45) is -23.7. The zero-order valence-corrected chi connectivity index (χ0v) is 41.4. The Morgan fingerprint density at radius 1 is 0.148 bits per heavy atom. The van der Waals surface area contributed by atoms with Crippen molar-refractivity contribution in [3.63, 3.8) is 0 Å². The Balaban J connectivity index is -0.000000598. The van der Waals surface area contributed by atoms with Gasteiger partial charge in [0.1, 0.15) is 0 Å². The summed E-state index contributed by atoms with van der Waals surface area (Å²) in [6, 6.07) is 0. The van der Waals surface area contributed by atoms with E-state index in [0.29, 0.717) is 0 Å². The van der Waals surface area contributed by atoms with Crippen LogP contribution in [-0.4, -0.2) is 180 Å². The van der Waals surface area contributed by atoms with Crippen LogP contribution < -0.4 is 0 Å². The Bertz CT molecular complexity index is 2500. The molecule has 0 heterocycles. The predicted molar refractivity (Wildman–Crippen MR) is 151 cm³/mol. The van der Waals surface area contributed by atoms with Crippen LogP contribution >= 0.6 is 0 Å². The number of rotatable bonds is 21. The van der Waals surface area contributed by atoms with Crippen LogP contribution in [0.2, 0.25) is 0 Å². The summed E-state index contributed by atoms with van der Waals surface area (Å²) in [5, 5.41) is -23.9. The van der Waals surface area contributed by atoms with Gasteiger partial charge >= 0.3 is 190 Å². The normalized spacial score (nSPS) is 16.7. The first-order valence-corrected chi connectivity index (χ1v) is 21.2. The van der Waals surface area contributed by atoms with E-state index in [4.69, 9.17) is 0 Å². The van der Waals surface area contributed by atoms with Crippen LogP contribution in [0.4, 0.5) is 224 Å². The van der Waals surface area contributed by atoms with E-state index in [1.807, 2.05) is 0 Å². The van der Waals surface area contributed by atoms with Crippen LogP contribution in [0.25, 0.3) is 0 Å². The summed E-state index contributed by atoms with van der Waals surface area (Å²) in [5.41, 5.74) is 0. The Labute approximate surface area is 482 Å². The third-order valence-corrected chi connectivity index (χ3v) is 11.7. The van der Waals surface area contributed by atoms with Gasteiger partial charge in [-0.15, -0.1) is 0 Å². The Kier molecular flexibility index (Phi) is 24.4. The molecule has 0 saturated heterocycles. The first-order chi connectivity index (χ1) is 36.0. The molecule has 0 aliphatic heterocycles. The fourth-order valence-corrected chi connectivity index (χ4v) is 5.25. The molecule has 0 rings (SSSR count). The van der Waals surface area contributed by atoms with Crippen LogP contribution in [0.15, 0.2) is 0 Å². The largest absolute Gasteiger partial charge is 3.00 e. The quantitative estimate of drug-likeness (QED) is 0.0801. The molecule has 88 heavy (non-hydrogen) atoms. The molecule has 532 valence electrons. The molecule has 0 radical (unpaired) electrons. The Hall–Kier alpha value is -2.26. The molecule has 0 amide bonds. The maximum Gasteiger partial charge on any atom is 3.00 e. The molecule has 0 fully saturated rings. The van der Waals surface area contributed by atoms with Crippen molar-refractivity contribution in [2.45, 2.75) is 141 Å². The van der Waals surface area contributed by atoms with Crippen molar-refractivity contribution < 1.29 is 312 Å². The fourth-order valence-electron chi connectivity index (χ4n) is 3.92. The summed E-state index contributed by atoms with van der Waals surface area (Å²) >= 11 is 0. The van der Waals surface area contributed by atoms with Crippen LogP contribution in [0.5, 0.6) is 0 Å². The molecule has 0 aromatic rings. The topological polar surface area (TPSA) is 172 Å². The molecule has 9 nitrogen and oxygen atoms in total. The average Bonchev–Trinajstić information content (AvgIpc) is 3.23. The molecule has 0 aliphatic rings.